The molecule has 0 aliphatic carbocycles. The van der Waals surface area contributed by atoms with E-state index in [2.05, 4.69) is 0 Å². The Labute approximate surface area is 178 Å². The van der Waals surface area contributed by atoms with E-state index in [0.29, 0.717) is 13.0 Å². The van der Waals surface area contributed by atoms with E-state index in [4.69, 9.17) is 24.7 Å². The zero-order valence-corrected chi connectivity index (χ0v) is 17.3. The summed E-state index contributed by atoms with van der Waals surface area (Å²) in [6.45, 7) is -0.437. The lowest BCUT2D eigenvalue weighted by Crippen LogP contribution is -2.64. The molecule has 2 aliphatic heterocycles. The van der Waals surface area contributed by atoms with E-state index in [1.165, 1.54) is 0 Å². The van der Waals surface area contributed by atoms with Crippen molar-refractivity contribution in [3.05, 3.63) is 0 Å². The standard InChI is InChI=1S/C17H33NO11S/c18-2-5-30-4-1-3-26-17-15(13(24)11(22)9(7-20)28-17)29-16-14(25)12(23)10(21)8(6-19)27-16/h8-17,19-25H,1-7,18H2/t8?,9?,10-,11-,12+,13+,14?,15?,16-,17-/m1/s1. The van der Waals surface area contributed by atoms with Gasteiger partial charge in [-0.3, -0.25) is 0 Å². The number of rotatable bonds is 11. The molecule has 9 N–H and O–H groups in total. The van der Waals surface area contributed by atoms with E-state index in [1.54, 1.807) is 11.8 Å². The highest BCUT2D eigenvalue weighted by Crippen LogP contribution is 2.29. The Morgan fingerprint density at radius 1 is 0.767 bits per heavy atom. The van der Waals surface area contributed by atoms with E-state index < -0.39 is 74.6 Å². The number of aliphatic hydroxyl groups is 7. The lowest BCUT2D eigenvalue weighted by molar-refractivity contribution is -0.367. The normalized spacial score (nSPS) is 42.4. The van der Waals surface area contributed by atoms with Crippen LogP contribution < -0.4 is 5.73 Å². The van der Waals surface area contributed by atoms with Gasteiger partial charge < -0.3 is 60.4 Å². The Morgan fingerprint density at radius 2 is 1.37 bits per heavy atom. The van der Waals surface area contributed by atoms with Crippen LogP contribution in [-0.4, -0.2) is 135 Å². The molecule has 12 nitrogen and oxygen atoms in total. The van der Waals surface area contributed by atoms with Crippen LogP contribution in [0.3, 0.4) is 0 Å². The minimum absolute atomic E-state index is 0.220. The third-order valence-electron chi connectivity index (χ3n) is 4.94. The molecular formula is C17H33NO11S. The van der Waals surface area contributed by atoms with Crippen molar-refractivity contribution in [2.24, 2.45) is 5.73 Å². The first-order valence-corrected chi connectivity index (χ1v) is 11.0. The molecule has 2 heterocycles. The first kappa shape index (κ1) is 26.1. The van der Waals surface area contributed by atoms with Crippen molar-refractivity contribution >= 4 is 11.8 Å². The highest BCUT2D eigenvalue weighted by atomic mass is 32.2. The van der Waals surface area contributed by atoms with Crippen LogP contribution in [0.5, 0.6) is 0 Å². The maximum Gasteiger partial charge on any atom is 0.187 e. The summed E-state index contributed by atoms with van der Waals surface area (Å²) < 4.78 is 22.0. The molecular weight excluding hydrogens is 426 g/mol. The molecule has 10 atom stereocenters. The van der Waals surface area contributed by atoms with Crippen molar-refractivity contribution in [1.29, 1.82) is 0 Å². The Bertz CT molecular complexity index is 491. The second kappa shape index (κ2) is 12.8. The molecule has 0 aromatic heterocycles. The van der Waals surface area contributed by atoms with Gasteiger partial charge in [0.05, 0.1) is 19.8 Å². The van der Waals surface area contributed by atoms with Crippen LogP contribution in [0.2, 0.25) is 0 Å². The lowest BCUT2D eigenvalue weighted by atomic mass is 9.97. The third-order valence-corrected chi connectivity index (χ3v) is 6.04. The van der Waals surface area contributed by atoms with Gasteiger partial charge in [-0.25, -0.2) is 0 Å². The minimum atomic E-state index is -1.70. The summed E-state index contributed by atoms with van der Waals surface area (Å²) in [4.78, 5) is 0. The molecule has 2 aliphatic rings. The predicted molar refractivity (Wildman–Crippen MR) is 103 cm³/mol. The second-order valence-corrected chi connectivity index (χ2v) is 8.35. The van der Waals surface area contributed by atoms with Crippen LogP contribution >= 0.6 is 11.8 Å². The van der Waals surface area contributed by atoms with Gasteiger partial charge in [0.2, 0.25) is 0 Å². The number of hydrogen-bond donors (Lipinski definition) is 8. The molecule has 2 saturated heterocycles. The summed E-state index contributed by atoms with van der Waals surface area (Å²) in [5.74, 6) is 1.58. The topological polar surface area (TPSA) is 205 Å². The Morgan fingerprint density at radius 3 is 1.97 bits per heavy atom. The molecule has 13 heteroatoms. The number of aliphatic hydroxyl groups excluding tert-OH is 7. The van der Waals surface area contributed by atoms with E-state index in [1.807, 2.05) is 0 Å². The molecule has 0 spiro atoms. The molecule has 0 bridgehead atoms. The fourth-order valence-corrected chi connectivity index (χ4v) is 3.91. The predicted octanol–water partition coefficient (Wildman–Crippen LogP) is -4.29. The van der Waals surface area contributed by atoms with Crippen LogP contribution in [0, 0.1) is 0 Å². The quantitative estimate of drug-likeness (QED) is 0.138. The number of hydrogen-bond acceptors (Lipinski definition) is 13. The van der Waals surface area contributed by atoms with Gasteiger partial charge in [0.1, 0.15) is 48.8 Å². The fourth-order valence-electron chi connectivity index (χ4n) is 3.22. The number of ether oxygens (including phenoxy) is 4. The molecule has 4 unspecified atom stereocenters. The summed E-state index contributed by atoms with van der Waals surface area (Å²) in [5.41, 5.74) is 5.43. The summed E-state index contributed by atoms with van der Waals surface area (Å²) >= 11 is 1.64. The van der Waals surface area contributed by atoms with Gasteiger partial charge in [0.15, 0.2) is 12.6 Å². The van der Waals surface area contributed by atoms with Crippen molar-refractivity contribution in [3.8, 4) is 0 Å². The highest BCUT2D eigenvalue weighted by Gasteiger charge is 2.50. The molecule has 0 radical (unpaired) electrons. The van der Waals surface area contributed by atoms with E-state index in [-0.39, 0.29) is 6.61 Å². The molecule has 30 heavy (non-hydrogen) atoms. The number of nitrogens with two attached hydrogens (primary N) is 1. The van der Waals surface area contributed by atoms with Gasteiger partial charge in [-0.1, -0.05) is 0 Å². The van der Waals surface area contributed by atoms with Gasteiger partial charge in [0, 0.05) is 12.3 Å². The van der Waals surface area contributed by atoms with Crippen molar-refractivity contribution in [2.75, 3.05) is 37.9 Å². The van der Waals surface area contributed by atoms with Crippen LogP contribution in [0.4, 0.5) is 0 Å². The average Bonchev–Trinajstić information content (AvgIpc) is 2.75. The summed E-state index contributed by atoms with van der Waals surface area (Å²) in [5, 5.41) is 69.3. The Balaban J connectivity index is 2.04. The van der Waals surface area contributed by atoms with E-state index in [9.17, 15) is 35.7 Å². The van der Waals surface area contributed by atoms with Crippen LogP contribution in [0.1, 0.15) is 6.42 Å². The average molecular weight is 460 g/mol. The first-order chi connectivity index (χ1) is 14.3. The van der Waals surface area contributed by atoms with Crippen molar-refractivity contribution in [3.63, 3.8) is 0 Å². The molecule has 0 aromatic carbocycles. The monoisotopic (exact) mass is 459 g/mol. The summed E-state index contributed by atoms with van der Waals surface area (Å²) in [7, 11) is 0. The van der Waals surface area contributed by atoms with Gasteiger partial charge >= 0.3 is 0 Å². The van der Waals surface area contributed by atoms with Crippen LogP contribution in [-0.2, 0) is 18.9 Å². The zero-order valence-electron chi connectivity index (χ0n) is 16.5. The highest BCUT2D eigenvalue weighted by molar-refractivity contribution is 7.99. The molecule has 0 saturated carbocycles. The molecule has 2 fully saturated rings. The second-order valence-electron chi connectivity index (χ2n) is 7.13. The third kappa shape index (κ3) is 6.45. The maximum absolute atomic E-state index is 10.5. The summed E-state index contributed by atoms with van der Waals surface area (Å²) in [6.07, 6.45) is -13.8. The van der Waals surface area contributed by atoms with Gasteiger partial charge in [-0.2, -0.15) is 11.8 Å². The SMILES string of the molecule is NCCSCCCO[C@@H]1OC(CO)[C@@H](O)[C@H](O)C1O[C@H]1OC(CO)[C@@H](O)[C@H](O)C1O. The maximum atomic E-state index is 10.5. The molecule has 2 rings (SSSR count). The molecule has 178 valence electrons. The van der Waals surface area contributed by atoms with E-state index >= 15 is 0 Å². The van der Waals surface area contributed by atoms with Gasteiger partial charge in [-0.15, -0.1) is 0 Å². The molecule has 0 amide bonds. The summed E-state index contributed by atoms with van der Waals surface area (Å²) in [6, 6.07) is 0. The van der Waals surface area contributed by atoms with Crippen molar-refractivity contribution in [2.45, 2.75) is 67.8 Å². The van der Waals surface area contributed by atoms with Gasteiger partial charge in [-0.05, 0) is 12.2 Å². The first-order valence-electron chi connectivity index (χ1n) is 9.83. The lowest BCUT2D eigenvalue weighted by Gasteiger charge is -2.45. The van der Waals surface area contributed by atoms with Crippen LogP contribution in [0.25, 0.3) is 0 Å². The Kier molecular flexibility index (Phi) is 11.1. The van der Waals surface area contributed by atoms with Crippen molar-refractivity contribution in [1.82, 2.24) is 0 Å². The van der Waals surface area contributed by atoms with E-state index in [0.717, 1.165) is 11.5 Å². The molecule has 0 aromatic rings. The van der Waals surface area contributed by atoms with Crippen LogP contribution in [0.15, 0.2) is 0 Å². The Hall–Kier alpha value is -0.130. The zero-order chi connectivity index (χ0) is 22.3. The number of thioether (sulfide) groups is 1. The fraction of sp³-hybridized carbons (Fsp3) is 1.00. The smallest absolute Gasteiger partial charge is 0.187 e. The van der Waals surface area contributed by atoms with Crippen molar-refractivity contribution < 1.29 is 54.7 Å². The minimum Gasteiger partial charge on any atom is -0.394 e. The van der Waals surface area contributed by atoms with Gasteiger partial charge in [0.25, 0.3) is 0 Å². The largest absolute Gasteiger partial charge is 0.394 e.